The lowest BCUT2D eigenvalue weighted by Crippen LogP contribution is -2.41. The molecule has 1 saturated heterocycles. The van der Waals surface area contributed by atoms with E-state index >= 15 is 0 Å². The summed E-state index contributed by atoms with van der Waals surface area (Å²) in [5.74, 6) is -1.28. The number of halogens is 2. The van der Waals surface area contributed by atoms with Crippen LogP contribution in [-0.4, -0.2) is 42.5 Å². The van der Waals surface area contributed by atoms with Crippen molar-refractivity contribution in [3.8, 4) is 5.75 Å². The van der Waals surface area contributed by atoms with Gasteiger partial charge in [-0.25, -0.2) is 8.78 Å². The Labute approximate surface area is 175 Å². The molecule has 2 amide bonds. The zero-order valence-corrected chi connectivity index (χ0v) is 17.2. The number of piperidine rings is 1. The molecule has 30 heavy (non-hydrogen) atoms. The maximum atomic E-state index is 13.9. The minimum absolute atomic E-state index is 0.0613. The summed E-state index contributed by atoms with van der Waals surface area (Å²) in [6.45, 7) is 5.12. The van der Waals surface area contributed by atoms with E-state index in [4.69, 9.17) is 4.74 Å². The molecule has 7 heteroatoms. The van der Waals surface area contributed by atoms with Crippen molar-refractivity contribution in [3.05, 3.63) is 65.2 Å². The van der Waals surface area contributed by atoms with Crippen LogP contribution in [0.4, 0.5) is 8.78 Å². The predicted molar refractivity (Wildman–Crippen MR) is 110 cm³/mol. The molecule has 0 spiro atoms. The maximum Gasteiger partial charge on any atom is 0.256 e. The van der Waals surface area contributed by atoms with Gasteiger partial charge in [0.1, 0.15) is 17.4 Å². The van der Waals surface area contributed by atoms with Crippen LogP contribution in [0.3, 0.4) is 0 Å². The number of nitrogens with one attached hydrogen (secondary N) is 1. The average Bonchev–Trinajstić information content (AvgIpc) is 2.73. The Morgan fingerprint density at radius 2 is 1.90 bits per heavy atom. The number of hydrogen-bond acceptors (Lipinski definition) is 3. The van der Waals surface area contributed by atoms with Crippen LogP contribution in [0.5, 0.6) is 5.75 Å². The molecule has 0 aliphatic carbocycles. The SMILES string of the molecule is CC(C)NC(=O)c1ccc(OC[C@@H]2CCCN(C(=O)c3cc(F)ccc3F)C2)cc1. The molecule has 1 aliphatic heterocycles. The smallest absolute Gasteiger partial charge is 0.256 e. The molecule has 1 N–H and O–H groups in total. The minimum atomic E-state index is -0.721. The topological polar surface area (TPSA) is 58.6 Å². The van der Waals surface area contributed by atoms with Crippen LogP contribution in [0.15, 0.2) is 42.5 Å². The maximum absolute atomic E-state index is 13.9. The van der Waals surface area contributed by atoms with Crippen LogP contribution < -0.4 is 10.1 Å². The fourth-order valence-corrected chi connectivity index (χ4v) is 3.48. The summed E-state index contributed by atoms with van der Waals surface area (Å²) in [4.78, 5) is 26.2. The zero-order chi connectivity index (χ0) is 21.7. The third kappa shape index (κ3) is 5.55. The van der Waals surface area contributed by atoms with Gasteiger partial charge >= 0.3 is 0 Å². The highest BCUT2D eigenvalue weighted by molar-refractivity contribution is 5.95. The van der Waals surface area contributed by atoms with E-state index in [0.717, 1.165) is 31.0 Å². The van der Waals surface area contributed by atoms with Crippen molar-refractivity contribution in [2.24, 2.45) is 5.92 Å². The predicted octanol–water partition coefficient (Wildman–Crippen LogP) is 4.03. The molecule has 0 unspecified atom stereocenters. The third-order valence-electron chi connectivity index (χ3n) is 4.99. The fourth-order valence-electron chi connectivity index (χ4n) is 3.48. The fraction of sp³-hybridized carbons (Fsp3) is 0.391. The Kier molecular flexibility index (Phi) is 7.03. The first-order chi connectivity index (χ1) is 14.3. The standard InChI is InChI=1S/C23H26F2N2O3/c1-15(2)26-22(28)17-5-8-19(9-6-17)30-14-16-4-3-11-27(13-16)23(29)20-12-18(24)7-10-21(20)25/h5-10,12,15-16H,3-4,11,13-14H2,1-2H3,(H,26,28)/t16-/m1/s1. The van der Waals surface area contributed by atoms with E-state index < -0.39 is 17.5 Å². The summed E-state index contributed by atoms with van der Waals surface area (Å²) in [7, 11) is 0. The molecule has 2 aromatic carbocycles. The van der Waals surface area contributed by atoms with Crippen LogP contribution in [0, 0.1) is 17.6 Å². The van der Waals surface area contributed by atoms with Gasteiger partial charge in [-0.3, -0.25) is 9.59 Å². The second-order valence-electron chi connectivity index (χ2n) is 7.85. The lowest BCUT2D eigenvalue weighted by atomic mass is 9.98. The summed E-state index contributed by atoms with van der Waals surface area (Å²) in [6, 6.07) is 9.86. The highest BCUT2D eigenvalue weighted by Gasteiger charge is 2.27. The first-order valence-corrected chi connectivity index (χ1v) is 10.1. The molecule has 1 heterocycles. The second-order valence-corrected chi connectivity index (χ2v) is 7.85. The Bertz CT molecular complexity index is 900. The van der Waals surface area contributed by atoms with Crippen LogP contribution in [0.25, 0.3) is 0 Å². The van der Waals surface area contributed by atoms with Crippen LogP contribution in [0.1, 0.15) is 47.4 Å². The molecular formula is C23H26F2N2O3. The van der Waals surface area contributed by atoms with E-state index in [1.807, 2.05) is 13.8 Å². The van der Waals surface area contributed by atoms with E-state index in [0.29, 0.717) is 31.0 Å². The van der Waals surface area contributed by atoms with Crippen molar-refractivity contribution in [2.45, 2.75) is 32.7 Å². The molecule has 1 atom stereocenters. The zero-order valence-electron chi connectivity index (χ0n) is 17.2. The van der Waals surface area contributed by atoms with Crippen LogP contribution in [0.2, 0.25) is 0 Å². The monoisotopic (exact) mass is 416 g/mol. The van der Waals surface area contributed by atoms with E-state index in [1.165, 1.54) is 0 Å². The van der Waals surface area contributed by atoms with Gasteiger partial charge in [0.2, 0.25) is 0 Å². The number of ether oxygens (including phenoxy) is 1. The van der Waals surface area contributed by atoms with Gasteiger partial charge < -0.3 is 15.0 Å². The van der Waals surface area contributed by atoms with Gasteiger partial charge in [-0.15, -0.1) is 0 Å². The molecule has 160 valence electrons. The molecule has 1 aliphatic rings. The molecule has 5 nitrogen and oxygen atoms in total. The molecule has 0 saturated carbocycles. The first-order valence-electron chi connectivity index (χ1n) is 10.1. The van der Waals surface area contributed by atoms with Crippen molar-refractivity contribution in [1.82, 2.24) is 10.2 Å². The lowest BCUT2D eigenvalue weighted by Gasteiger charge is -2.32. The summed E-state index contributed by atoms with van der Waals surface area (Å²) in [5.41, 5.74) is 0.314. The Hall–Kier alpha value is -2.96. The van der Waals surface area contributed by atoms with E-state index in [9.17, 15) is 18.4 Å². The quantitative estimate of drug-likeness (QED) is 0.773. The number of rotatable bonds is 6. The van der Waals surface area contributed by atoms with E-state index in [-0.39, 0.29) is 23.4 Å². The molecule has 0 bridgehead atoms. The highest BCUT2D eigenvalue weighted by atomic mass is 19.1. The van der Waals surface area contributed by atoms with Crippen molar-refractivity contribution in [1.29, 1.82) is 0 Å². The Morgan fingerprint density at radius 3 is 2.60 bits per heavy atom. The number of amides is 2. The third-order valence-corrected chi connectivity index (χ3v) is 4.99. The molecule has 1 fully saturated rings. The van der Waals surface area contributed by atoms with Gasteiger partial charge in [0, 0.05) is 30.6 Å². The van der Waals surface area contributed by atoms with Gasteiger partial charge in [-0.05, 0) is 69.2 Å². The highest BCUT2D eigenvalue weighted by Crippen LogP contribution is 2.22. The number of carbonyl (C=O) groups excluding carboxylic acids is 2. The number of carbonyl (C=O) groups is 2. The van der Waals surface area contributed by atoms with Gasteiger partial charge in [0.05, 0.1) is 12.2 Å². The summed E-state index contributed by atoms with van der Waals surface area (Å²) < 4.78 is 33.2. The van der Waals surface area contributed by atoms with E-state index in [2.05, 4.69) is 5.32 Å². The largest absolute Gasteiger partial charge is 0.493 e. The number of hydrogen-bond donors (Lipinski definition) is 1. The normalized spacial score (nSPS) is 16.4. The van der Waals surface area contributed by atoms with Crippen LogP contribution >= 0.6 is 0 Å². The number of nitrogens with zero attached hydrogens (tertiary/aromatic N) is 1. The molecular weight excluding hydrogens is 390 g/mol. The van der Waals surface area contributed by atoms with Crippen molar-refractivity contribution in [2.75, 3.05) is 19.7 Å². The van der Waals surface area contributed by atoms with Gasteiger partial charge in [-0.1, -0.05) is 0 Å². The van der Waals surface area contributed by atoms with Gasteiger partial charge in [0.15, 0.2) is 0 Å². The van der Waals surface area contributed by atoms with Crippen molar-refractivity contribution >= 4 is 11.8 Å². The lowest BCUT2D eigenvalue weighted by molar-refractivity contribution is 0.0628. The summed E-state index contributed by atoms with van der Waals surface area (Å²) >= 11 is 0. The molecule has 0 radical (unpaired) electrons. The average molecular weight is 416 g/mol. The first kappa shape index (κ1) is 21.7. The summed E-state index contributed by atoms with van der Waals surface area (Å²) in [6.07, 6.45) is 1.65. The Morgan fingerprint density at radius 1 is 1.17 bits per heavy atom. The molecule has 2 aromatic rings. The van der Waals surface area contributed by atoms with Crippen molar-refractivity contribution in [3.63, 3.8) is 0 Å². The molecule has 3 rings (SSSR count). The van der Waals surface area contributed by atoms with Gasteiger partial charge in [-0.2, -0.15) is 0 Å². The number of likely N-dealkylation sites (tertiary alicyclic amines) is 1. The van der Waals surface area contributed by atoms with Gasteiger partial charge in [0.25, 0.3) is 11.8 Å². The summed E-state index contributed by atoms with van der Waals surface area (Å²) in [5, 5.41) is 2.83. The van der Waals surface area contributed by atoms with E-state index in [1.54, 1.807) is 29.2 Å². The van der Waals surface area contributed by atoms with Crippen molar-refractivity contribution < 1.29 is 23.1 Å². The van der Waals surface area contributed by atoms with Crippen LogP contribution in [-0.2, 0) is 0 Å². The molecule has 0 aromatic heterocycles. The second kappa shape index (κ2) is 9.69. The Balaban J connectivity index is 1.56. The minimum Gasteiger partial charge on any atom is -0.493 e. The number of benzene rings is 2.